The van der Waals surface area contributed by atoms with Gasteiger partial charge in [-0.05, 0) is 38.6 Å². The Bertz CT molecular complexity index is 318. The molecule has 0 aromatic heterocycles. The van der Waals surface area contributed by atoms with E-state index in [9.17, 15) is 4.57 Å². The molecule has 1 fully saturated rings. The summed E-state index contributed by atoms with van der Waals surface area (Å²) in [5.74, 6) is -0.534. The summed E-state index contributed by atoms with van der Waals surface area (Å²) in [6, 6.07) is 0. The summed E-state index contributed by atoms with van der Waals surface area (Å²) in [6.07, 6.45) is 0.602. The van der Waals surface area contributed by atoms with E-state index in [-0.39, 0.29) is 6.10 Å². The van der Waals surface area contributed by atoms with E-state index in [0.717, 1.165) is 4.43 Å². The predicted molar refractivity (Wildman–Crippen MR) is 80.4 cm³/mol. The van der Waals surface area contributed by atoms with Crippen LogP contribution >= 0.6 is 40.7 Å². The van der Waals surface area contributed by atoms with E-state index in [1.165, 1.54) is 0 Å². The first-order valence-electron chi connectivity index (χ1n) is 5.80. The Kier molecular flexibility index (Phi) is 6.86. The molecule has 108 valence electrons. The fraction of sp³-hybridized carbons (Fsp3) is 1.00. The molecule has 1 saturated heterocycles. The van der Waals surface area contributed by atoms with Crippen molar-refractivity contribution in [3.8, 4) is 0 Å². The Labute approximate surface area is 127 Å². The van der Waals surface area contributed by atoms with Gasteiger partial charge in [-0.2, -0.15) is 0 Å². The summed E-state index contributed by atoms with van der Waals surface area (Å²) in [6.45, 7) is 2.03. The van der Waals surface area contributed by atoms with Gasteiger partial charge in [0.05, 0.1) is 19.3 Å². The third-order valence-corrected chi connectivity index (χ3v) is 5.64. The number of nitrogens with zero attached hydrogens (tertiary/aromatic N) is 1. The molecule has 0 aromatic carbocycles. The van der Waals surface area contributed by atoms with E-state index < -0.39 is 12.7 Å². The monoisotopic (exact) mass is 411 g/mol. The lowest BCUT2D eigenvalue weighted by molar-refractivity contribution is -0.139. The molecule has 0 bridgehead atoms. The van der Waals surface area contributed by atoms with E-state index in [0.29, 0.717) is 26.2 Å². The Morgan fingerprint density at radius 2 is 2.28 bits per heavy atom. The molecular formula is C10H20ClINO4P. The van der Waals surface area contributed by atoms with Gasteiger partial charge < -0.3 is 14.0 Å². The molecular weight excluding hydrogens is 391 g/mol. The summed E-state index contributed by atoms with van der Waals surface area (Å²) in [4.78, 5) is 0. The maximum Gasteiger partial charge on any atom is 0.362 e. The molecule has 1 aliphatic heterocycles. The van der Waals surface area contributed by atoms with Crippen molar-refractivity contribution < 1.29 is 18.6 Å². The number of rotatable bonds is 7. The largest absolute Gasteiger partial charge is 0.362 e. The van der Waals surface area contributed by atoms with Gasteiger partial charge in [0.15, 0.2) is 5.79 Å². The summed E-state index contributed by atoms with van der Waals surface area (Å²) in [7, 11) is 1.70. The Hall–Kier alpha value is 1.09. The Morgan fingerprint density at radius 3 is 2.78 bits per heavy atom. The van der Waals surface area contributed by atoms with Gasteiger partial charge in [0, 0.05) is 11.0 Å². The van der Waals surface area contributed by atoms with Gasteiger partial charge in [0.1, 0.15) is 0 Å². The highest BCUT2D eigenvalue weighted by Crippen LogP contribution is 2.55. The summed E-state index contributed by atoms with van der Waals surface area (Å²) in [5.41, 5.74) is 0. The van der Waals surface area contributed by atoms with Crippen LogP contribution in [0, 0.1) is 0 Å². The molecule has 2 unspecified atom stereocenters. The van der Waals surface area contributed by atoms with Crippen LogP contribution in [0.4, 0.5) is 0 Å². The first-order chi connectivity index (χ1) is 8.27. The average molecular weight is 412 g/mol. The van der Waals surface area contributed by atoms with Gasteiger partial charge in [-0.25, -0.2) is 4.67 Å². The van der Waals surface area contributed by atoms with Gasteiger partial charge in [0.2, 0.25) is 0 Å². The zero-order chi connectivity index (χ0) is 13.8. The topological polar surface area (TPSA) is 48.0 Å². The second-order valence-corrected chi connectivity index (χ2v) is 8.80. The highest BCUT2D eigenvalue weighted by molar-refractivity contribution is 14.1. The highest BCUT2D eigenvalue weighted by Gasteiger charge is 2.33. The highest BCUT2D eigenvalue weighted by atomic mass is 127. The standard InChI is InChI=1S/C10H20ClINO4P/c1-10(2)15-8-9(17-10)4-7-16-18(11,14)13(3)6-5-12/h9H,4-8H2,1-3H3. The molecule has 0 amide bonds. The van der Waals surface area contributed by atoms with E-state index in [4.69, 9.17) is 25.2 Å². The first kappa shape index (κ1) is 17.1. The lowest BCUT2D eigenvalue weighted by atomic mass is 10.3. The lowest BCUT2D eigenvalue weighted by Gasteiger charge is -2.22. The normalized spacial score (nSPS) is 26.4. The van der Waals surface area contributed by atoms with Crippen LogP contribution in [0.25, 0.3) is 0 Å². The molecule has 0 aromatic rings. The van der Waals surface area contributed by atoms with E-state index in [1.807, 2.05) is 13.8 Å². The van der Waals surface area contributed by atoms with Crippen molar-refractivity contribution in [3.63, 3.8) is 0 Å². The van der Waals surface area contributed by atoms with Crippen LogP contribution in [0.3, 0.4) is 0 Å². The van der Waals surface area contributed by atoms with E-state index >= 15 is 0 Å². The SMILES string of the molecule is CN(CCI)P(=O)(Cl)OCCC1COC(C)(C)O1. The number of alkyl halides is 1. The fourth-order valence-electron chi connectivity index (χ4n) is 1.54. The number of halogens is 2. The van der Waals surface area contributed by atoms with Crippen LogP contribution in [-0.2, 0) is 18.6 Å². The van der Waals surface area contributed by atoms with Gasteiger partial charge in [-0.15, -0.1) is 0 Å². The second-order valence-electron chi connectivity index (χ2n) is 4.59. The third-order valence-electron chi connectivity index (χ3n) is 2.57. The average Bonchev–Trinajstić information content (AvgIpc) is 2.58. The van der Waals surface area contributed by atoms with Crippen molar-refractivity contribution in [1.82, 2.24) is 4.67 Å². The fourth-order valence-corrected chi connectivity index (χ4v) is 3.95. The van der Waals surface area contributed by atoms with E-state index in [2.05, 4.69) is 22.6 Å². The van der Waals surface area contributed by atoms with Crippen molar-refractivity contribution in [2.75, 3.05) is 31.2 Å². The number of hydrogen-bond donors (Lipinski definition) is 0. The van der Waals surface area contributed by atoms with Gasteiger partial charge in [0.25, 0.3) is 0 Å². The van der Waals surface area contributed by atoms with Crippen LogP contribution < -0.4 is 0 Å². The van der Waals surface area contributed by atoms with Crippen molar-refractivity contribution in [2.24, 2.45) is 0 Å². The summed E-state index contributed by atoms with van der Waals surface area (Å²) in [5, 5.41) is 0. The molecule has 5 nitrogen and oxygen atoms in total. The molecule has 1 heterocycles. The minimum absolute atomic E-state index is 0.0217. The molecule has 0 N–H and O–H groups in total. The van der Waals surface area contributed by atoms with Crippen molar-refractivity contribution in [2.45, 2.75) is 32.2 Å². The minimum atomic E-state index is -3.18. The van der Waals surface area contributed by atoms with Crippen molar-refractivity contribution in [3.05, 3.63) is 0 Å². The maximum atomic E-state index is 12.0. The molecule has 8 heteroatoms. The second kappa shape index (κ2) is 7.20. The van der Waals surface area contributed by atoms with Crippen LogP contribution in [0.5, 0.6) is 0 Å². The zero-order valence-corrected chi connectivity index (χ0v) is 14.7. The van der Waals surface area contributed by atoms with Gasteiger partial charge in [-0.3, -0.25) is 4.57 Å². The van der Waals surface area contributed by atoms with Crippen LogP contribution in [-0.4, -0.2) is 47.8 Å². The molecule has 0 aliphatic carbocycles. The molecule has 0 saturated carbocycles. The number of ether oxygens (including phenoxy) is 2. The van der Waals surface area contributed by atoms with Crippen LogP contribution in [0.2, 0.25) is 0 Å². The Balaban J connectivity index is 2.27. The Morgan fingerprint density at radius 1 is 1.61 bits per heavy atom. The minimum Gasteiger partial charge on any atom is -0.348 e. The molecule has 1 rings (SSSR count). The van der Waals surface area contributed by atoms with Crippen LogP contribution in [0.1, 0.15) is 20.3 Å². The smallest absolute Gasteiger partial charge is 0.348 e. The van der Waals surface area contributed by atoms with Crippen molar-refractivity contribution >= 4 is 40.7 Å². The first-order valence-corrected chi connectivity index (χ1v) is 9.81. The third kappa shape index (κ3) is 5.61. The summed E-state index contributed by atoms with van der Waals surface area (Å²) >= 11 is 8.09. The molecule has 0 radical (unpaired) electrons. The molecule has 1 aliphatic rings. The molecule has 18 heavy (non-hydrogen) atoms. The molecule has 0 spiro atoms. The van der Waals surface area contributed by atoms with Crippen LogP contribution in [0.15, 0.2) is 0 Å². The summed E-state index contributed by atoms with van der Waals surface area (Å²) < 4.78 is 30.7. The molecule has 2 atom stereocenters. The quantitative estimate of drug-likeness (QED) is 0.366. The predicted octanol–water partition coefficient (Wildman–Crippen LogP) is 3.26. The van der Waals surface area contributed by atoms with Crippen molar-refractivity contribution in [1.29, 1.82) is 0 Å². The lowest BCUT2D eigenvalue weighted by Crippen LogP contribution is -2.22. The number of hydrogen-bond acceptors (Lipinski definition) is 4. The van der Waals surface area contributed by atoms with E-state index in [1.54, 1.807) is 11.7 Å². The van der Waals surface area contributed by atoms with Gasteiger partial charge >= 0.3 is 6.87 Å². The zero-order valence-electron chi connectivity index (χ0n) is 10.9. The maximum absolute atomic E-state index is 12.0. The van der Waals surface area contributed by atoms with Gasteiger partial charge in [-0.1, -0.05) is 22.6 Å².